The van der Waals surface area contributed by atoms with Gasteiger partial charge in [0.15, 0.2) is 0 Å². The average Bonchev–Trinajstić information content (AvgIpc) is 3.75. The van der Waals surface area contributed by atoms with E-state index in [1.165, 1.54) is 0 Å². The zero-order valence-corrected chi connectivity index (χ0v) is 25.5. The molecule has 3 heterocycles. The fourth-order valence-electron chi connectivity index (χ4n) is 4.69. The zero-order chi connectivity index (χ0) is 30.5. The molecule has 0 aliphatic carbocycles. The highest BCUT2D eigenvalue weighted by atomic mass is 16.5. The van der Waals surface area contributed by atoms with Crippen LogP contribution in [-0.4, -0.2) is 67.8 Å². The number of nitrogens with zero attached hydrogens (tertiary/aromatic N) is 7. The molecule has 5 rings (SSSR count). The Kier molecular flexibility index (Phi) is 9.01. The minimum atomic E-state index is -0.284. The summed E-state index contributed by atoms with van der Waals surface area (Å²) in [7, 11) is 4.00. The van der Waals surface area contributed by atoms with Crippen LogP contribution in [0.4, 0.5) is 0 Å². The highest BCUT2D eigenvalue weighted by molar-refractivity contribution is 5.96. The highest BCUT2D eigenvalue weighted by Gasteiger charge is 2.18. The molecule has 2 aromatic carbocycles. The number of hydrogen-bond donors (Lipinski definition) is 1. The lowest BCUT2D eigenvalue weighted by Gasteiger charge is -2.18. The Morgan fingerprint density at radius 1 is 1.05 bits per heavy atom. The third-order valence-corrected chi connectivity index (χ3v) is 7.16. The molecule has 1 atom stereocenters. The summed E-state index contributed by atoms with van der Waals surface area (Å²) in [5, 5.41) is 20.4. The Labute approximate surface area is 251 Å². The van der Waals surface area contributed by atoms with Crippen molar-refractivity contribution in [3.05, 3.63) is 89.5 Å². The van der Waals surface area contributed by atoms with Crippen molar-refractivity contribution in [2.24, 2.45) is 0 Å². The molecule has 0 fully saturated rings. The number of aromatic nitrogens is 6. The van der Waals surface area contributed by atoms with Gasteiger partial charge < -0.3 is 19.4 Å². The van der Waals surface area contributed by atoms with E-state index >= 15 is 0 Å². The highest BCUT2D eigenvalue weighted by Crippen LogP contribution is 2.30. The first-order chi connectivity index (χ1) is 20.7. The fourth-order valence-corrected chi connectivity index (χ4v) is 4.69. The van der Waals surface area contributed by atoms with E-state index in [0.29, 0.717) is 36.2 Å². The predicted molar refractivity (Wildman–Crippen MR) is 164 cm³/mol. The van der Waals surface area contributed by atoms with Crippen molar-refractivity contribution in [1.29, 1.82) is 0 Å². The maximum absolute atomic E-state index is 13.5. The maximum atomic E-state index is 13.5. The first-order valence-corrected chi connectivity index (χ1v) is 14.4. The maximum Gasteiger partial charge on any atom is 0.252 e. The molecule has 1 amide bonds. The number of nitrogens with one attached hydrogen (secondary N) is 1. The Morgan fingerprint density at radius 3 is 2.58 bits per heavy atom. The van der Waals surface area contributed by atoms with Crippen molar-refractivity contribution in [2.45, 2.75) is 46.8 Å². The van der Waals surface area contributed by atoms with Gasteiger partial charge in [-0.05, 0) is 88.0 Å². The van der Waals surface area contributed by atoms with E-state index in [4.69, 9.17) is 14.3 Å². The van der Waals surface area contributed by atoms with Crippen LogP contribution in [0.25, 0.3) is 22.4 Å². The van der Waals surface area contributed by atoms with Gasteiger partial charge in [-0.1, -0.05) is 6.07 Å². The van der Waals surface area contributed by atoms with Crippen LogP contribution in [0.15, 0.2) is 65.5 Å². The minimum absolute atomic E-state index is 0.159. The Bertz CT molecular complexity index is 1700. The zero-order valence-electron chi connectivity index (χ0n) is 25.5. The molecule has 0 aliphatic rings. The SMILES string of the molecule is CCn1ccc(-c2cc(-c3cnn(Cc4nnc(C)o4)c3)cc([C@@H](C)NC(=O)c3cc(OCCN(C)C)ccc3C)c2)n1. The second kappa shape index (κ2) is 13.0. The largest absolute Gasteiger partial charge is 0.492 e. The second-order valence-corrected chi connectivity index (χ2v) is 10.9. The molecule has 0 saturated heterocycles. The normalized spacial score (nSPS) is 12.1. The molecule has 0 bridgehead atoms. The Hall–Kier alpha value is -4.77. The monoisotopic (exact) mass is 582 g/mol. The summed E-state index contributed by atoms with van der Waals surface area (Å²) in [6, 6.07) is 13.6. The van der Waals surface area contributed by atoms with Crippen LogP contribution >= 0.6 is 0 Å². The average molecular weight is 583 g/mol. The van der Waals surface area contributed by atoms with Gasteiger partial charge in [0.05, 0.1) is 17.9 Å². The van der Waals surface area contributed by atoms with Gasteiger partial charge in [-0.15, -0.1) is 10.2 Å². The van der Waals surface area contributed by atoms with Gasteiger partial charge in [-0.3, -0.25) is 14.2 Å². The van der Waals surface area contributed by atoms with Gasteiger partial charge >= 0.3 is 0 Å². The van der Waals surface area contributed by atoms with Crippen molar-refractivity contribution in [1.82, 2.24) is 40.0 Å². The quantitative estimate of drug-likeness (QED) is 0.221. The number of carbonyl (C=O) groups is 1. The van der Waals surface area contributed by atoms with Crippen molar-refractivity contribution < 1.29 is 13.9 Å². The van der Waals surface area contributed by atoms with Gasteiger partial charge in [0.1, 0.15) is 18.9 Å². The summed E-state index contributed by atoms with van der Waals surface area (Å²) < 4.78 is 15.1. The van der Waals surface area contributed by atoms with E-state index in [9.17, 15) is 4.79 Å². The number of aryl methyl sites for hydroxylation is 3. The summed E-state index contributed by atoms with van der Waals surface area (Å²) in [6.45, 7) is 10.2. The van der Waals surface area contributed by atoms with E-state index in [0.717, 1.165) is 46.6 Å². The van der Waals surface area contributed by atoms with Crippen LogP contribution in [0.3, 0.4) is 0 Å². The number of likely N-dealkylation sites (N-methyl/N-ethyl adjacent to an activating group) is 1. The molecule has 0 aliphatic heterocycles. The van der Waals surface area contributed by atoms with Crippen LogP contribution in [-0.2, 0) is 13.1 Å². The summed E-state index contributed by atoms with van der Waals surface area (Å²) in [5.74, 6) is 1.52. The Morgan fingerprint density at radius 2 is 1.86 bits per heavy atom. The summed E-state index contributed by atoms with van der Waals surface area (Å²) >= 11 is 0. The summed E-state index contributed by atoms with van der Waals surface area (Å²) in [6.07, 6.45) is 5.72. The lowest BCUT2D eigenvalue weighted by Crippen LogP contribution is -2.27. The first-order valence-electron chi connectivity index (χ1n) is 14.4. The van der Waals surface area contributed by atoms with E-state index in [2.05, 4.69) is 50.6 Å². The number of hydrogen-bond acceptors (Lipinski definition) is 8. The first kappa shape index (κ1) is 29.7. The van der Waals surface area contributed by atoms with E-state index in [1.54, 1.807) is 11.6 Å². The predicted octanol–water partition coefficient (Wildman–Crippen LogP) is 4.91. The van der Waals surface area contributed by atoms with E-state index < -0.39 is 0 Å². The third-order valence-electron chi connectivity index (χ3n) is 7.16. The molecule has 11 nitrogen and oxygen atoms in total. The van der Waals surface area contributed by atoms with Crippen LogP contribution in [0, 0.1) is 13.8 Å². The van der Waals surface area contributed by atoms with Gasteiger partial charge in [-0.25, -0.2) is 0 Å². The van der Waals surface area contributed by atoms with Gasteiger partial charge in [0.25, 0.3) is 5.91 Å². The topological polar surface area (TPSA) is 116 Å². The summed E-state index contributed by atoms with van der Waals surface area (Å²) in [4.78, 5) is 15.5. The number of amides is 1. The molecule has 0 saturated carbocycles. The van der Waals surface area contributed by atoms with Crippen LogP contribution in [0.1, 0.15) is 53.2 Å². The molecule has 3 aromatic heterocycles. The molecule has 0 spiro atoms. The number of benzene rings is 2. The van der Waals surface area contributed by atoms with Crippen molar-refractivity contribution in [2.75, 3.05) is 27.2 Å². The fraction of sp³-hybridized carbons (Fsp3) is 0.344. The van der Waals surface area contributed by atoms with Crippen LogP contribution < -0.4 is 10.1 Å². The molecule has 5 aromatic rings. The number of rotatable bonds is 12. The lowest BCUT2D eigenvalue weighted by molar-refractivity contribution is 0.0938. The summed E-state index contributed by atoms with van der Waals surface area (Å²) in [5.41, 5.74) is 6.11. The van der Waals surface area contributed by atoms with Crippen molar-refractivity contribution in [3.63, 3.8) is 0 Å². The van der Waals surface area contributed by atoms with Gasteiger partial charge in [0, 0.05) is 49.1 Å². The second-order valence-electron chi connectivity index (χ2n) is 10.9. The minimum Gasteiger partial charge on any atom is -0.492 e. The van der Waals surface area contributed by atoms with E-state index in [1.807, 2.05) is 75.5 Å². The molecular formula is C32H38N8O3. The van der Waals surface area contributed by atoms with E-state index in [-0.39, 0.29) is 11.9 Å². The molecule has 0 radical (unpaired) electrons. The number of ether oxygens (including phenoxy) is 1. The van der Waals surface area contributed by atoms with Crippen molar-refractivity contribution in [3.8, 4) is 28.1 Å². The smallest absolute Gasteiger partial charge is 0.252 e. The Balaban J connectivity index is 1.41. The molecule has 1 N–H and O–H groups in total. The molecular weight excluding hydrogens is 544 g/mol. The lowest BCUT2D eigenvalue weighted by atomic mass is 9.96. The van der Waals surface area contributed by atoms with Gasteiger partial charge in [-0.2, -0.15) is 10.2 Å². The third kappa shape index (κ3) is 7.36. The van der Waals surface area contributed by atoms with Crippen molar-refractivity contribution >= 4 is 5.91 Å². The van der Waals surface area contributed by atoms with Crippen LogP contribution in [0.2, 0.25) is 0 Å². The standard InChI is InChI=1S/C32H38N8O3/c1-7-39-11-10-30(37-39)26-15-24(14-25(16-26)27-18-33-40(19-27)20-31-36-35-23(4)43-31)22(3)34-32(41)29-17-28(9-8-21(29)2)42-13-12-38(5)6/h8-11,14-19,22H,7,12-13,20H2,1-6H3,(H,34,41)/t22-/m1/s1. The molecule has 0 unspecified atom stereocenters. The molecule has 224 valence electrons. The molecule has 43 heavy (non-hydrogen) atoms. The van der Waals surface area contributed by atoms with Crippen LogP contribution in [0.5, 0.6) is 5.75 Å². The molecule has 11 heteroatoms. The van der Waals surface area contributed by atoms with Gasteiger partial charge in [0.2, 0.25) is 11.8 Å². The number of carbonyl (C=O) groups excluding carboxylic acids is 1.